The number of ether oxygens (including phenoxy) is 1. The maximum atomic E-state index is 10.5. The normalized spacial score (nSPS) is 16.1. The van der Waals surface area contributed by atoms with Gasteiger partial charge in [0.25, 0.3) is 0 Å². The second-order valence-electron chi connectivity index (χ2n) is 8.30. The largest absolute Gasteiger partial charge is 0.491 e. The summed E-state index contributed by atoms with van der Waals surface area (Å²) in [5.41, 5.74) is 2.84. The highest BCUT2D eigenvalue weighted by atomic mass is 35.5. The Kier molecular flexibility index (Phi) is 7.15. The number of fused-ring (bicyclic) bond motifs is 1. The van der Waals surface area contributed by atoms with Crippen molar-refractivity contribution in [3.8, 4) is 11.8 Å². The predicted octanol–water partition coefficient (Wildman–Crippen LogP) is 3.87. The first-order chi connectivity index (χ1) is 15.5. The number of hydrogen-bond donors (Lipinski definition) is 2. The molecule has 0 aliphatic carbocycles. The molecule has 1 saturated heterocycles. The molecule has 0 bridgehead atoms. The van der Waals surface area contributed by atoms with Gasteiger partial charge >= 0.3 is 0 Å². The van der Waals surface area contributed by atoms with Crippen LogP contribution in [0.15, 0.2) is 42.5 Å². The monoisotopic (exact) mass is 453 g/mol. The smallest absolute Gasteiger partial charge is 0.204 e. The molecule has 2 aromatic carbocycles. The van der Waals surface area contributed by atoms with Crippen LogP contribution in [0.2, 0.25) is 5.02 Å². The average Bonchev–Trinajstić information content (AvgIpc) is 3.15. The van der Waals surface area contributed by atoms with Crippen molar-refractivity contribution in [2.75, 3.05) is 38.6 Å². The fourth-order valence-electron chi connectivity index (χ4n) is 4.07. The van der Waals surface area contributed by atoms with E-state index in [-0.39, 0.29) is 6.61 Å². The van der Waals surface area contributed by atoms with Crippen molar-refractivity contribution in [1.82, 2.24) is 14.5 Å². The van der Waals surface area contributed by atoms with Crippen molar-refractivity contribution >= 4 is 28.6 Å². The Hall–Kier alpha value is -2.79. The van der Waals surface area contributed by atoms with Crippen LogP contribution in [-0.2, 0) is 6.42 Å². The second kappa shape index (κ2) is 10.2. The van der Waals surface area contributed by atoms with E-state index >= 15 is 0 Å². The molecule has 4 rings (SSSR count). The van der Waals surface area contributed by atoms with Gasteiger partial charge in [0.1, 0.15) is 18.5 Å². The van der Waals surface area contributed by atoms with Gasteiger partial charge in [0.05, 0.1) is 23.5 Å². The SMILES string of the molecule is CN1CCC(n2c(NCC(O)COc3ccc(CC#N)cc3)nc3ccc(Cl)cc32)CC1. The molecule has 1 unspecified atom stereocenters. The van der Waals surface area contributed by atoms with E-state index in [0.29, 0.717) is 29.8 Å². The maximum Gasteiger partial charge on any atom is 0.204 e. The lowest BCUT2D eigenvalue weighted by atomic mass is 10.1. The lowest BCUT2D eigenvalue weighted by Gasteiger charge is -2.31. The fraction of sp³-hybridized carbons (Fsp3) is 0.417. The standard InChI is InChI=1S/C24H28ClN5O2/c1-29-12-9-19(10-13-29)30-23-14-18(25)4-7-22(23)28-24(30)27-15-20(31)16-32-21-5-2-17(3-6-21)8-11-26/h2-7,14,19-20,31H,8-10,12-13,15-16H2,1H3,(H,27,28). The first-order valence-corrected chi connectivity index (χ1v) is 11.3. The molecule has 32 heavy (non-hydrogen) atoms. The van der Waals surface area contributed by atoms with Gasteiger partial charge in [-0.25, -0.2) is 4.98 Å². The summed E-state index contributed by atoms with van der Waals surface area (Å²) in [7, 11) is 2.14. The molecule has 7 nitrogen and oxygen atoms in total. The Morgan fingerprint density at radius 1 is 1.25 bits per heavy atom. The summed E-state index contributed by atoms with van der Waals surface area (Å²) in [6.45, 7) is 2.54. The van der Waals surface area contributed by atoms with E-state index in [4.69, 9.17) is 26.6 Å². The number of aromatic nitrogens is 2. The van der Waals surface area contributed by atoms with Gasteiger partial charge in [0, 0.05) is 17.6 Å². The van der Waals surface area contributed by atoms with Gasteiger partial charge < -0.3 is 24.6 Å². The zero-order valence-electron chi connectivity index (χ0n) is 18.2. The highest BCUT2D eigenvalue weighted by Gasteiger charge is 2.23. The van der Waals surface area contributed by atoms with E-state index in [1.165, 1.54) is 0 Å². The van der Waals surface area contributed by atoms with Crippen LogP contribution in [0.25, 0.3) is 11.0 Å². The summed E-state index contributed by atoms with van der Waals surface area (Å²) in [5, 5.41) is 23.2. The van der Waals surface area contributed by atoms with E-state index in [0.717, 1.165) is 48.5 Å². The first kappa shape index (κ1) is 22.4. The molecule has 168 valence electrons. The van der Waals surface area contributed by atoms with Crippen molar-refractivity contribution < 1.29 is 9.84 Å². The Labute approximate surface area is 193 Å². The van der Waals surface area contributed by atoms with Gasteiger partial charge in [-0.1, -0.05) is 23.7 Å². The Balaban J connectivity index is 1.42. The quantitative estimate of drug-likeness (QED) is 0.538. The van der Waals surface area contributed by atoms with Crippen molar-refractivity contribution in [2.45, 2.75) is 31.4 Å². The molecule has 1 fully saturated rings. The van der Waals surface area contributed by atoms with Gasteiger partial charge in [-0.3, -0.25) is 0 Å². The summed E-state index contributed by atoms with van der Waals surface area (Å²) in [6, 6.07) is 15.6. The van der Waals surface area contributed by atoms with Gasteiger partial charge in [0.15, 0.2) is 0 Å². The van der Waals surface area contributed by atoms with Gasteiger partial charge in [-0.2, -0.15) is 5.26 Å². The summed E-state index contributed by atoms with van der Waals surface area (Å²) < 4.78 is 7.93. The molecule has 8 heteroatoms. The van der Waals surface area contributed by atoms with Crippen LogP contribution in [0.3, 0.4) is 0 Å². The predicted molar refractivity (Wildman–Crippen MR) is 126 cm³/mol. The molecular formula is C24H28ClN5O2. The molecule has 1 aliphatic heterocycles. The van der Waals surface area contributed by atoms with Crippen LogP contribution in [0.4, 0.5) is 5.95 Å². The molecule has 1 atom stereocenters. The third-order valence-corrected chi connectivity index (χ3v) is 6.08. The van der Waals surface area contributed by atoms with Crippen LogP contribution in [0.1, 0.15) is 24.4 Å². The second-order valence-corrected chi connectivity index (χ2v) is 8.73. The van der Waals surface area contributed by atoms with Gasteiger partial charge in [-0.15, -0.1) is 0 Å². The molecule has 0 saturated carbocycles. The number of halogens is 1. The molecule has 0 amide bonds. The van der Waals surface area contributed by atoms with Gasteiger partial charge in [-0.05, 0) is 68.9 Å². The molecule has 3 aromatic rings. The topological polar surface area (TPSA) is 86.3 Å². The van der Waals surface area contributed by atoms with Gasteiger partial charge in [0.2, 0.25) is 5.95 Å². The van der Waals surface area contributed by atoms with E-state index in [1.807, 2.05) is 42.5 Å². The minimum Gasteiger partial charge on any atom is -0.491 e. The number of nitrogens with zero attached hydrogens (tertiary/aromatic N) is 4. The van der Waals surface area contributed by atoms with Crippen LogP contribution in [0, 0.1) is 11.3 Å². The Morgan fingerprint density at radius 2 is 2.00 bits per heavy atom. The van der Waals surface area contributed by atoms with Crippen LogP contribution >= 0.6 is 11.6 Å². The van der Waals surface area contributed by atoms with E-state index in [2.05, 4.69) is 27.9 Å². The number of aliphatic hydroxyl groups is 1. The summed E-state index contributed by atoms with van der Waals surface area (Å²) >= 11 is 6.27. The van der Waals surface area contributed by atoms with E-state index < -0.39 is 6.10 Å². The number of likely N-dealkylation sites (tertiary alicyclic amines) is 1. The van der Waals surface area contributed by atoms with Crippen molar-refractivity contribution in [3.63, 3.8) is 0 Å². The minimum absolute atomic E-state index is 0.158. The zero-order chi connectivity index (χ0) is 22.5. The molecule has 1 aliphatic rings. The van der Waals surface area contributed by atoms with Crippen LogP contribution < -0.4 is 10.1 Å². The number of rotatable bonds is 8. The Morgan fingerprint density at radius 3 is 2.72 bits per heavy atom. The highest BCUT2D eigenvalue weighted by Crippen LogP contribution is 2.32. The average molecular weight is 454 g/mol. The Bertz CT molecular complexity index is 1080. The lowest BCUT2D eigenvalue weighted by Crippen LogP contribution is -2.32. The van der Waals surface area contributed by atoms with E-state index in [9.17, 15) is 5.11 Å². The molecule has 0 spiro atoms. The molecule has 1 aromatic heterocycles. The first-order valence-electron chi connectivity index (χ1n) is 10.9. The third-order valence-electron chi connectivity index (χ3n) is 5.85. The summed E-state index contributed by atoms with van der Waals surface area (Å²) in [6.07, 6.45) is 1.74. The number of aliphatic hydroxyl groups excluding tert-OH is 1. The van der Waals surface area contributed by atoms with Crippen molar-refractivity contribution in [1.29, 1.82) is 5.26 Å². The fourth-order valence-corrected chi connectivity index (χ4v) is 4.24. The molecular weight excluding hydrogens is 426 g/mol. The zero-order valence-corrected chi connectivity index (χ0v) is 18.9. The number of nitrogens with one attached hydrogen (secondary N) is 1. The number of benzene rings is 2. The number of anilines is 1. The number of imidazole rings is 1. The molecule has 2 N–H and O–H groups in total. The lowest BCUT2D eigenvalue weighted by molar-refractivity contribution is 0.117. The number of nitriles is 1. The molecule has 0 radical (unpaired) electrons. The van der Waals surface area contributed by atoms with Crippen LogP contribution in [0.5, 0.6) is 5.75 Å². The highest BCUT2D eigenvalue weighted by molar-refractivity contribution is 6.31. The van der Waals surface area contributed by atoms with Crippen molar-refractivity contribution in [3.05, 3.63) is 53.1 Å². The number of piperidine rings is 1. The van der Waals surface area contributed by atoms with Crippen molar-refractivity contribution in [2.24, 2.45) is 0 Å². The summed E-state index contributed by atoms with van der Waals surface area (Å²) in [4.78, 5) is 7.10. The van der Waals surface area contributed by atoms with E-state index in [1.54, 1.807) is 0 Å². The minimum atomic E-state index is -0.705. The third kappa shape index (κ3) is 5.33. The summed E-state index contributed by atoms with van der Waals surface area (Å²) in [5.74, 6) is 1.41. The maximum absolute atomic E-state index is 10.5. The number of hydrogen-bond acceptors (Lipinski definition) is 6. The van der Waals surface area contributed by atoms with Crippen LogP contribution in [-0.4, -0.2) is 59.0 Å². The molecule has 2 heterocycles.